The highest BCUT2D eigenvalue weighted by Crippen LogP contribution is 2.44. The Labute approximate surface area is 191 Å². The third-order valence-corrected chi connectivity index (χ3v) is 5.67. The molecule has 0 saturated carbocycles. The van der Waals surface area contributed by atoms with Crippen LogP contribution in [0.1, 0.15) is 30.4 Å². The molecule has 0 spiro atoms. The summed E-state index contributed by atoms with van der Waals surface area (Å²) in [6.07, 6.45) is -3.06. The number of carboxylic acid groups (broad SMARTS) is 1. The van der Waals surface area contributed by atoms with Crippen LogP contribution in [0, 0.1) is 0 Å². The van der Waals surface area contributed by atoms with Crippen LogP contribution in [0.15, 0.2) is 48.5 Å². The third kappa shape index (κ3) is 5.88. The Hall–Kier alpha value is -3.43. The van der Waals surface area contributed by atoms with E-state index in [9.17, 15) is 24.6 Å². The van der Waals surface area contributed by atoms with Crippen LogP contribution in [0.4, 0.5) is 4.79 Å². The Kier molecular flexibility index (Phi) is 8.02. The number of carboxylic acids is 1. The molecule has 0 fully saturated rings. The molecule has 2 amide bonds. The first-order chi connectivity index (χ1) is 15.8. The third-order valence-electron chi connectivity index (χ3n) is 5.67. The van der Waals surface area contributed by atoms with Gasteiger partial charge in [-0.05, 0) is 29.2 Å². The van der Waals surface area contributed by atoms with Crippen molar-refractivity contribution in [1.82, 2.24) is 10.6 Å². The van der Waals surface area contributed by atoms with Crippen molar-refractivity contribution in [3.8, 4) is 11.1 Å². The number of carbonyl (C=O) groups excluding carboxylic acids is 2. The number of carbonyl (C=O) groups is 3. The van der Waals surface area contributed by atoms with E-state index in [4.69, 9.17) is 9.47 Å². The summed E-state index contributed by atoms with van der Waals surface area (Å²) in [6, 6.07) is 14.7. The number of nitrogens with one attached hydrogen (secondary N) is 2. The van der Waals surface area contributed by atoms with Gasteiger partial charge in [0.15, 0.2) is 6.04 Å². The maximum atomic E-state index is 12.2. The van der Waals surface area contributed by atoms with Gasteiger partial charge in [-0.15, -0.1) is 0 Å². The van der Waals surface area contributed by atoms with Gasteiger partial charge in [0.05, 0.1) is 18.6 Å². The van der Waals surface area contributed by atoms with Crippen LogP contribution in [-0.4, -0.2) is 66.7 Å². The van der Waals surface area contributed by atoms with Crippen molar-refractivity contribution in [3.05, 3.63) is 59.7 Å². The van der Waals surface area contributed by atoms with Crippen molar-refractivity contribution in [3.63, 3.8) is 0 Å². The molecule has 0 saturated heterocycles. The predicted molar refractivity (Wildman–Crippen MR) is 120 cm³/mol. The largest absolute Gasteiger partial charge is 0.480 e. The van der Waals surface area contributed by atoms with E-state index in [2.05, 4.69) is 10.6 Å². The lowest BCUT2D eigenvalue weighted by atomic mass is 9.98. The lowest BCUT2D eigenvalue weighted by Crippen LogP contribution is -2.49. The maximum Gasteiger partial charge on any atom is 0.407 e. The first kappa shape index (κ1) is 24.2. The van der Waals surface area contributed by atoms with E-state index in [1.165, 1.54) is 14.0 Å². The van der Waals surface area contributed by atoms with Gasteiger partial charge in [0, 0.05) is 19.6 Å². The highest BCUT2D eigenvalue weighted by Gasteiger charge is 2.29. The van der Waals surface area contributed by atoms with Crippen LogP contribution in [0.2, 0.25) is 0 Å². The van der Waals surface area contributed by atoms with Gasteiger partial charge < -0.3 is 30.3 Å². The topological polar surface area (TPSA) is 134 Å². The molecule has 176 valence electrons. The number of aliphatic hydroxyl groups excluding tert-OH is 1. The normalized spacial score (nSPS) is 15.0. The molecule has 3 rings (SSSR count). The van der Waals surface area contributed by atoms with E-state index >= 15 is 0 Å². The lowest BCUT2D eigenvalue weighted by Gasteiger charge is -2.21. The number of benzene rings is 2. The summed E-state index contributed by atoms with van der Waals surface area (Å²) in [5.74, 6) is -2.01. The second-order valence-electron chi connectivity index (χ2n) is 7.89. The van der Waals surface area contributed by atoms with E-state index in [0.717, 1.165) is 22.3 Å². The van der Waals surface area contributed by atoms with Gasteiger partial charge in [0.1, 0.15) is 6.61 Å². The molecule has 9 nitrogen and oxygen atoms in total. The van der Waals surface area contributed by atoms with Crippen LogP contribution >= 0.6 is 0 Å². The van der Waals surface area contributed by atoms with Crippen molar-refractivity contribution in [2.75, 3.05) is 20.3 Å². The second kappa shape index (κ2) is 10.9. The number of alkyl carbamates (subject to hydrolysis) is 1. The Balaban J connectivity index is 1.47. The minimum absolute atomic E-state index is 0.0884. The zero-order valence-electron chi connectivity index (χ0n) is 18.5. The highest BCUT2D eigenvalue weighted by molar-refractivity contribution is 5.84. The fraction of sp³-hybridized carbons (Fsp3) is 0.375. The maximum absolute atomic E-state index is 12.2. The van der Waals surface area contributed by atoms with Crippen molar-refractivity contribution in [1.29, 1.82) is 0 Å². The molecule has 1 unspecified atom stereocenters. The average molecular weight is 456 g/mol. The molecule has 0 aliphatic heterocycles. The number of amides is 2. The molecule has 2 aromatic carbocycles. The van der Waals surface area contributed by atoms with Crippen molar-refractivity contribution >= 4 is 18.0 Å². The summed E-state index contributed by atoms with van der Waals surface area (Å²) >= 11 is 0. The molecule has 0 aromatic heterocycles. The molecule has 9 heteroatoms. The number of fused-ring (bicyclic) bond motifs is 3. The van der Waals surface area contributed by atoms with Crippen molar-refractivity contribution in [2.24, 2.45) is 0 Å². The Morgan fingerprint density at radius 3 is 2.15 bits per heavy atom. The number of aliphatic carboxylic acids is 1. The monoisotopic (exact) mass is 456 g/mol. The molecule has 0 bridgehead atoms. The molecular formula is C24H28N2O7. The van der Waals surface area contributed by atoms with E-state index in [1.54, 1.807) is 0 Å². The fourth-order valence-corrected chi connectivity index (χ4v) is 3.89. The number of hydrogen-bond acceptors (Lipinski definition) is 6. The number of methoxy groups -OCH3 is 1. The molecule has 2 aromatic rings. The van der Waals surface area contributed by atoms with Gasteiger partial charge >= 0.3 is 12.1 Å². The number of ether oxygens (including phenoxy) is 2. The van der Waals surface area contributed by atoms with Crippen LogP contribution in [0.25, 0.3) is 11.1 Å². The van der Waals surface area contributed by atoms with Gasteiger partial charge in [0.25, 0.3) is 0 Å². The number of rotatable bonds is 10. The first-order valence-electron chi connectivity index (χ1n) is 10.6. The SMILES string of the molecule is CO[C@H](C)[C@H](NC(=O)CC(O)CNC(=O)OCC1c2ccccc2-c2ccccc21)C(=O)O. The number of aliphatic hydroxyl groups is 1. The van der Waals surface area contributed by atoms with Crippen LogP contribution in [0.5, 0.6) is 0 Å². The second-order valence-corrected chi connectivity index (χ2v) is 7.89. The van der Waals surface area contributed by atoms with E-state index < -0.39 is 36.2 Å². The minimum Gasteiger partial charge on any atom is -0.480 e. The Morgan fingerprint density at radius 1 is 1.03 bits per heavy atom. The highest BCUT2D eigenvalue weighted by atomic mass is 16.5. The summed E-state index contributed by atoms with van der Waals surface area (Å²) in [5.41, 5.74) is 4.40. The average Bonchev–Trinajstić information content (AvgIpc) is 3.13. The minimum atomic E-state index is -1.25. The van der Waals surface area contributed by atoms with Crippen LogP contribution in [0.3, 0.4) is 0 Å². The molecule has 3 atom stereocenters. The molecular weight excluding hydrogens is 428 g/mol. The smallest absolute Gasteiger partial charge is 0.407 e. The molecule has 33 heavy (non-hydrogen) atoms. The van der Waals surface area contributed by atoms with Gasteiger partial charge in [-0.3, -0.25) is 4.79 Å². The zero-order chi connectivity index (χ0) is 24.0. The molecule has 0 heterocycles. The van der Waals surface area contributed by atoms with E-state index in [1.807, 2.05) is 48.5 Å². The van der Waals surface area contributed by atoms with E-state index in [-0.39, 0.29) is 25.5 Å². The van der Waals surface area contributed by atoms with Crippen molar-refractivity contribution in [2.45, 2.75) is 37.5 Å². The summed E-state index contributed by atoms with van der Waals surface area (Å²) in [5, 5.41) is 24.0. The van der Waals surface area contributed by atoms with Crippen LogP contribution in [-0.2, 0) is 19.1 Å². The zero-order valence-corrected chi connectivity index (χ0v) is 18.5. The molecule has 1 aliphatic carbocycles. The van der Waals surface area contributed by atoms with Gasteiger partial charge in [-0.2, -0.15) is 0 Å². The van der Waals surface area contributed by atoms with Gasteiger partial charge in [0.2, 0.25) is 5.91 Å². The quantitative estimate of drug-likeness (QED) is 0.429. The molecule has 1 aliphatic rings. The van der Waals surface area contributed by atoms with Gasteiger partial charge in [-0.1, -0.05) is 48.5 Å². The fourth-order valence-electron chi connectivity index (χ4n) is 3.89. The number of hydrogen-bond donors (Lipinski definition) is 4. The summed E-state index contributed by atoms with van der Waals surface area (Å²) in [7, 11) is 1.33. The predicted octanol–water partition coefficient (Wildman–Crippen LogP) is 1.88. The summed E-state index contributed by atoms with van der Waals surface area (Å²) in [6.45, 7) is 1.42. The standard InChI is InChI=1S/C24H28N2O7/c1-14(32-2)22(23(29)30)26-21(28)11-15(27)12-25-24(31)33-13-20-18-9-5-3-7-16(18)17-8-4-6-10-19(17)20/h3-10,14-15,20,22,27H,11-13H2,1-2H3,(H,25,31)(H,26,28)(H,29,30)/t14-,15?,22+/m1/s1. The Morgan fingerprint density at radius 2 is 1.61 bits per heavy atom. The lowest BCUT2D eigenvalue weighted by molar-refractivity contribution is -0.145. The summed E-state index contributed by atoms with van der Waals surface area (Å²) < 4.78 is 10.3. The Bertz CT molecular complexity index is 964. The molecule has 4 N–H and O–H groups in total. The molecule has 0 radical (unpaired) electrons. The van der Waals surface area contributed by atoms with E-state index in [0.29, 0.717) is 0 Å². The van der Waals surface area contributed by atoms with Gasteiger partial charge in [-0.25, -0.2) is 9.59 Å². The summed E-state index contributed by atoms with van der Waals surface area (Å²) in [4.78, 5) is 35.4. The van der Waals surface area contributed by atoms with Crippen molar-refractivity contribution < 1.29 is 34.1 Å². The van der Waals surface area contributed by atoms with Crippen LogP contribution < -0.4 is 10.6 Å². The first-order valence-corrected chi connectivity index (χ1v) is 10.6.